The zero-order chi connectivity index (χ0) is 13.4. The molecule has 1 aliphatic rings. The Bertz CT molecular complexity index is 207. The minimum atomic E-state index is -0.536. The Hall–Kier alpha value is -0.120. The molecule has 0 aromatic carbocycles. The molecule has 0 amide bonds. The second-order valence-electron chi connectivity index (χ2n) is 6.44. The van der Waals surface area contributed by atoms with Gasteiger partial charge in [-0.05, 0) is 66.2 Å². The molecule has 1 saturated carbocycles. The Morgan fingerprint density at radius 3 is 2.44 bits per heavy atom. The fourth-order valence-electron chi connectivity index (χ4n) is 2.68. The maximum absolute atomic E-state index is 9.58. The number of nitrogens with one attached hydrogen (secondary N) is 1. The smallest absolute Gasteiger partial charge is 0.0603 e. The zero-order valence-corrected chi connectivity index (χ0v) is 12.5. The molecule has 1 aliphatic carbocycles. The summed E-state index contributed by atoms with van der Waals surface area (Å²) >= 11 is 0. The SMILES string of the molecule is CN(CCCNCCC(C)(C)O)C1CCCCC1. The van der Waals surface area contributed by atoms with Gasteiger partial charge in [0.05, 0.1) is 5.60 Å². The van der Waals surface area contributed by atoms with Crippen LogP contribution in [0.3, 0.4) is 0 Å². The molecule has 0 spiro atoms. The van der Waals surface area contributed by atoms with Crippen LogP contribution in [0.1, 0.15) is 58.8 Å². The van der Waals surface area contributed by atoms with E-state index in [-0.39, 0.29) is 0 Å². The molecule has 1 fully saturated rings. The zero-order valence-electron chi connectivity index (χ0n) is 12.5. The largest absolute Gasteiger partial charge is 0.390 e. The summed E-state index contributed by atoms with van der Waals surface area (Å²) in [6, 6.07) is 0.829. The van der Waals surface area contributed by atoms with Crippen LogP contribution in [0.15, 0.2) is 0 Å². The highest BCUT2D eigenvalue weighted by atomic mass is 16.3. The van der Waals surface area contributed by atoms with Crippen LogP contribution in [-0.2, 0) is 0 Å². The normalized spacial score (nSPS) is 18.5. The maximum atomic E-state index is 9.58. The van der Waals surface area contributed by atoms with E-state index in [9.17, 15) is 5.11 Å². The first-order valence-electron chi connectivity index (χ1n) is 7.62. The van der Waals surface area contributed by atoms with E-state index in [4.69, 9.17) is 0 Å². The van der Waals surface area contributed by atoms with Crippen molar-refractivity contribution in [2.24, 2.45) is 0 Å². The van der Waals surface area contributed by atoms with E-state index in [1.807, 2.05) is 13.8 Å². The van der Waals surface area contributed by atoms with E-state index < -0.39 is 5.60 Å². The second kappa shape index (κ2) is 8.13. The van der Waals surface area contributed by atoms with Crippen LogP contribution in [0.5, 0.6) is 0 Å². The summed E-state index contributed by atoms with van der Waals surface area (Å²) in [5, 5.41) is 13.0. The quantitative estimate of drug-likeness (QED) is 0.655. The van der Waals surface area contributed by atoms with E-state index in [0.29, 0.717) is 0 Å². The summed E-state index contributed by atoms with van der Waals surface area (Å²) in [6.45, 7) is 6.90. The first kappa shape index (κ1) is 15.9. The summed E-state index contributed by atoms with van der Waals surface area (Å²) in [5.74, 6) is 0. The summed E-state index contributed by atoms with van der Waals surface area (Å²) in [6.07, 6.45) is 9.08. The lowest BCUT2D eigenvalue weighted by atomic mass is 9.94. The average Bonchev–Trinajstić information content (AvgIpc) is 2.33. The third-order valence-corrected chi connectivity index (χ3v) is 3.98. The molecule has 0 radical (unpaired) electrons. The van der Waals surface area contributed by atoms with Gasteiger partial charge in [0, 0.05) is 6.04 Å². The molecule has 108 valence electrons. The molecule has 0 atom stereocenters. The molecule has 0 aliphatic heterocycles. The number of hydrogen-bond acceptors (Lipinski definition) is 3. The third kappa shape index (κ3) is 7.34. The van der Waals surface area contributed by atoms with Gasteiger partial charge < -0.3 is 15.3 Å². The van der Waals surface area contributed by atoms with Crippen molar-refractivity contribution in [1.82, 2.24) is 10.2 Å². The van der Waals surface area contributed by atoms with Crippen molar-refractivity contribution in [3.63, 3.8) is 0 Å². The Kier molecular flexibility index (Phi) is 7.20. The molecule has 0 saturated heterocycles. The van der Waals surface area contributed by atoms with E-state index in [1.54, 1.807) is 0 Å². The molecule has 2 N–H and O–H groups in total. The average molecular weight is 256 g/mol. The van der Waals surface area contributed by atoms with Crippen LogP contribution < -0.4 is 5.32 Å². The van der Waals surface area contributed by atoms with Crippen molar-refractivity contribution in [3.8, 4) is 0 Å². The Balaban J connectivity index is 1.96. The van der Waals surface area contributed by atoms with Gasteiger partial charge in [0.25, 0.3) is 0 Å². The van der Waals surface area contributed by atoms with Gasteiger partial charge in [-0.25, -0.2) is 0 Å². The van der Waals surface area contributed by atoms with Crippen LogP contribution in [0.2, 0.25) is 0 Å². The van der Waals surface area contributed by atoms with E-state index in [1.165, 1.54) is 45.1 Å². The Labute approximate surface area is 113 Å². The topological polar surface area (TPSA) is 35.5 Å². The molecule has 0 aromatic rings. The predicted octanol–water partition coefficient (Wildman–Crippen LogP) is 2.39. The number of nitrogens with zero attached hydrogens (tertiary/aromatic N) is 1. The number of aliphatic hydroxyl groups is 1. The van der Waals surface area contributed by atoms with Crippen LogP contribution >= 0.6 is 0 Å². The van der Waals surface area contributed by atoms with Crippen molar-refractivity contribution >= 4 is 0 Å². The first-order chi connectivity index (χ1) is 8.49. The minimum Gasteiger partial charge on any atom is -0.390 e. The van der Waals surface area contributed by atoms with Crippen molar-refractivity contribution in [2.75, 3.05) is 26.7 Å². The van der Waals surface area contributed by atoms with Gasteiger partial charge in [-0.3, -0.25) is 0 Å². The highest BCUT2D eigenvalue weighted by molar-refractivity contribution is 4.73. The fourth-order valence-corrected chi connectivity index (χ4v) is 2.68. The molecular formula is C15H32N2O. The molecule has 0 bridgehead atoms. The van der Waals surface area contributed by atoms with Crippen molar-refractivity contribution in [2.45, 2.75) is 70.4 Å². The van der Waals surface area contributed by atoms with Gasteiger partial charge in [0.15, 0.2) is 0 Å². The van der Waals surface area contributed by atoms with Gasteiger partial charge in [-0.15, -0.1) is 0 Å². The lowest BCUT2D eigenvalue weighted by Gasteiger charge is -2.31. The fraction of sp³-hybridized carbons (Fsp3) is 1.00. The van der Waals surface area contributed by atoms with Gasteiger partial charge in [0.1, 0.15) is 0 Å². The lowest BCUT2D eigenvalue weighted by Crippen LogP contribution is -2.35. The molecule has 0 unspecified atom stereocenters. The van der Waals surface area contributed by atoms with E-state index in [2.05, 4.69) is 17.3 Å². The molecule has 3 heteroatoms. The monoisotopic (exact) mass is 256 g/mol. The van der Waals surface area contributed by atoms with E-state index in [0.717, 1.165) is 25.6 Å². The summed E-state index contributed by atoms with van der Waals surface area (Å²) in [5.41, 5.74) is -0.536. The van der Waals surface area contributed by atoms with Crippen LogP contribution in [0.25, 0.3) is 0 Å². The van der Waals surface area contributed by atoms with Crippen molar-refractivity contribution < 1.29 is 5.11 Å². The van der Waals surface area contributed by atoms with Crippen LogP contribution in [0.4, 0.5) is 0 Å². The van der Waals surface area contributed by atoms with Crippen molar-refractivity contribution in [3.05, 3.63) is 0 Å². The summed E-state index contributed by atoms with van der Waals surface area (Å²) in [7, 11) is 2.27. The van der Waals surface area contributed by atoms with Crippen LogP contribution in [-0.4, -0.2) is 48.3 Å². The van der Waals surface area contributed by atoms with Crippen molar-refractivity contribution in [1.29, 1.82) is 0 Å². The summed E-state index contributed by atoms with van der Waals surface area (Å²) < 4.78 is 0. The van der Waals surface area contributed by atoms with E-state index >= 15 is 0 Å². The Morgan fingerprint density at radius 2 is 1.83 bits per heavy atom. The van der Waals surface area contributed by atoms with Crippen LogP contribution in [0, 0.1) is 0 Å². The standard InChI is InChI=1S/C15H32N2O/c1-15(2,18)10-12-16-11-7-13-17(3)14-8-5-4-6-9-14/h14,16,18H,4-13H2,1-3H3. The highest BCUT2D eigenvalue weighted by Crippen LogP contribution is 2.21. The molecule has 0 heterocycles. The summed E-state index contributed by atoms with van der Waals surface area (Å²) in [4.78, 5) is 2.54. The van der Waals surface area contributed by atoms with Gasteiger partial charge in [0.2, 0.25) is 0 Å². The second-order valence-corrected chi connectivity index (χ2v) is 6.44. The first-order valence-corrected chi connectivity index (χ1v) is 7.62. The minimum absolute atomic E-state index is 0.536. The number of hydrogen-bond donors (Lipinski definition) is 2. The van der Waals surface area contributed by atoms with Gasteiger partial charge in [-0.2, -0.15) is 0 Å². The number of rotatable bonds is 8. The molecule has 3 nitrogen and oxygen atoms in total. The highest BCUT2D eigenvalue weighted by Gasteiger charge is 2.17. The molecule has 18 heavy (non-hydrogen) atoms. The molecule has 0 aromatic heterocycles. The lowest BCUT2D eigenvalue weighted by molar-refractivity contribution is 0.0711. The Morgan fingerprint density at radius 1 is 1.17 bits per heavy atom. The van der Waals surface area contributed by atoms with Gasteiger partial charge >= 0.3 is 0 Å². The predicted molar refractivity (Wildman–Crippen MR) is 77.9 cm³/mol. The molecular weight excluding hydrogens is 224 g/mol. The van der Waals surface area contributed by atoms with Gasteiger partial charge in [-0.1, -0.05) is 19.3 Å². The molecule has 1 rings (SSSR count). The maximum Gasteiger partial charge on any atom is 0.0603 e. The third-order valence-electron chi connectivity index (χ3n) is 3.98.